The fourth-order valence-corrected chi connectivity index (χ4v) is 2.48. The van der Waals surface area contributed by atoms with Crippen molar-refractivity contribution in [2.45, 2.75) is 45.6 Å². The largest absolute Gasteiger partial charge is 0.366 e. The Bertz CT molecular complexity index is 536. The third-order valence-electron chi connectivity index (χ3n) is 3.76. The maximum Gasteiger partial charge on any atom is 0.200 e. The van der Waals surface area contributed by atoms with E-state index in [2.05, 4.69) is 39.8 Å². The minimum Gasteiger partial charge on any atom is -0.366 e. The molecule has 0 saturated heterocycles. The normalized spacial score (nSPS) is 20.1. The average Bonchev–Trinajstić information content (AvgIpc) is 2.79. The second-order valence-electron chi connectivity index (χ2n) is 5.83. The number of anilines is 1. The zero-order valence-electron chi connectivity index (χ0n) is 10.8. The molecular formula is C12H18N6. The summed E-state index contributed by atoms with van der Waals surface area (Å²) >= 11 is 0. The van der Waals surface area contributed by atoms with Gasteiger partial charge in [-0.25, -0.2) is 0 Å². The first kappa shape index (κ1) is 11.4. The Morgan fingerprint density at radius 2 is 2.06 bits per heavy atom. The van der Waals surface area contributed by atoms with Gasteiger partial charge in [0.1, 0.15) is 5.82 Å². The Kier molecular flexibility index (Phi) is 2.65. The summed E-state index contributed by atoms with van der Waals surface area (Å²) < 4.78 is 1.45. The minimum absolute atomic E-state index is 0.491. The second-order valence-corrected chi connectivity index (χ2v) is 5.83. The zero-order chi connectivity index (χ0) is 12.6. The number of aromatic nitrogens is 5. The molecule has 1 aliphatic carbocycles. The quantitative estimate of drug-likeness (QED) is 0.876. The highest BCUT2D eigenvalue weighted by atomic mass is 15.6. The van der Waals surface area contributed by atoms with Crippen molar-refractivity contribution in [2.24, 2.45) is 5.41 Å². The highest BCUT2D eigenvalue weighted by molar-refractivity contribution is 5.42. The Balaban J connectivity index is 1.69. The van der Waals surface area contributed by atoms with Crippen LogP contribution in [-0.2, 0) is 0 Å². The molecule has 2 heterocycles. The summed E-state index contributed by atoms with van der Waals surface area (Å²) in [6.45, 7) is 4.68. The molecule has 6 heteroatoms. The van der Waals surface area contributed by atoms with E-state index in [1.807, 2.05) is 12.1 Å². The maximum atomic E-state index is 4.34. The minimum atomic E-state index is 0.491. The van der Waals surface area contributed by atoms with Gasteiger partial charge in [0.25, 0.3) is 0 Å². The molecule has 1 fully saturated rings. The van der Waals surface area contributed by atoms with Gasteiger partial charge in [0.2, 0.25) is 0 Å². The van der Waals surface area contributed by atoms with Crippen molar-refractivity contribution in [3.05, 3.63) is 12.1 Å². The van der Waals surface area contributed by atoms with E-state index < -0.39 is 0 Å². The van der Waals surface area contributed by atoms with Crippen LogP contribution < -0.4 is 5.32 Å². The van der Waals surface area contributed by atoms with E-state index in [1.165, 1.54) is 30.3 Å². The first-order valence-corrected chi connectivity index (χ1v) is 6.44. The number of hydrogen-bond donors (Lipinski definition) is 1. The number of fused-ring (bicyclic) bond motifs is 1. The fourth-order valence-electron chi connectivity index (χ4n) is 2.48. The molecule has 0 atom stereocenters. The van der Waals surface area contributed by atoms with Gasteiger partial charge in [-0.2, -0.15) is 0 Å². The second kappa shape index (κ2) is 4.19. The Morgan fingerprint density at radius 3 is 2.83 bits per heavy atom. The molecule has 2 aromatic rings. The smallest absolute Gasteiger partial charge is 0.200 e. The van der Waals surface area contributed by atoms with Crippen LogP contribution in [0, 0.1) is 5.41 Å². The van der Waals surface area contributed by atoms with Crippen molar-refractivity contribution in [1.29, 1.82) is 0 Å². The van der Waals surface area contributed by atoms with Crippen LogP contribution in [0.25, 0.3) is 5.65 Å². The van der Waals surface area contributed by atoms with Gasteiger partial charge >= 0.3 is 0 Å². The molecule has 1 N–H and O–H groups in total. The van der Waals surface area contributed by atoms with Crippen molar-refractivity contribution in [1.82, 2.24) is 25.3 Å². The summed E-state index contributed by atoms with van der Waals surface area (Å²) in [5.41, 5.74) is 1.16. The van der Waals surface area contributed by atoms with Crippen LogP contribution in [-0.4, -0.2) is 31.3 Å². The van der Waals surface area contributed by atoms with Crippen molar-refractivity contribution >= 4 is 11.5 Å². The number of nitrogens with one attached hydrogen (secondary N) is 1. The predicted molar refractivity (Wildman–Crippen MR) is 68.2 cm³/mol. The molecule has 0 spiro atoms. The van der Waals surface area contributed by atoms with E-state index in [0.29, 0.717) is 17.1 Å². The van der Waals surface area contributed by atoms with Crippen LogP contribution >= 0.6 is 0 Å². The molecule has 18 heavy (non-hydrogen) atoms. The molecular weight excluding hydrogens is 228 g/mol. The number of tetrazole rings is 1. The molecule has 3 rings (SSSR count). The van der Waals surface area contributed by atoms with Gasteiger partial charge in [0.15, 0.2) is 5.65 Å². The van der Waals surface area contributed by atoms with Gasteiger partial charge in [-0.3, -0.25) is 0 Å². The Morgan fingerprint density at radius 1 is 1.28 bits per heavy atom. The van der Waals surface area contributed by atoms with Gasteiger partial charge in [-0.05, 0) is 53.7 Å². The van der Waals surface area contributed by atoms with Crippen LogP contribution in [0.3, 0.4) is 0 Å². The lowest BCUT2D eigenvalue weighted by Crippen LogP contribution is -2.30. The highest BCUT2D eigenvalue weighted by Gasteiger charge is 2.26. The van der Waals surface area contributed by atoms with E-state index in [4.69, 9.17) is 0 Å². The molecule has 0 unspecified atom stereocenters. The van der Waals surface area contributed by atoms with Crippen molar-refractivity contribution in [3.63, 3.8) is 0 Å². The topological polar surface area (TPSA) is 68.0 Å². The fraction of sp³-hybridized carbons (Fsp3) is 0.667. The predicted octanol–water partition coefficient (Wildman–Crippen LogP) is 1.90. The first-order valence-electron chi connectivity index (χ1n) is 6.44. The molecule has 1 saturated carbocycles. The maximum absolute atomic E-state index is 4.34. The van der Waals surface area contributed by atoms with Crippen LogP contribution in [0.4, 0.5) is 5.82 Å². The van der Waals surface area contributed by atoms with E-state index in [0.717, 1.165) is 5.82 Å². The van der Waals surface area contributed by atoms with Crippen molar-refractivity contribution in [3.8, 4) is 0 Å². The molecule has 1 aliphatic rings. The van der Waals surface area contributed by atoms with Crippen LogP contribution in [0.15, 0.2) is 12.1 Å². The lowest BCUT2D eigenvalue weighted by atomic mass is 9.75. The van der Waals surface area contributed by atoms with Gasteiger partial charge in [0, 0.05) is 6.04 Å². The lowest BCUT2D eigenvalue weighted by Gasteiger charge is -2.34. The Hall–Kier alpha value is -1.72. The number of nitrogens with zero attached hydrogens (tertiary/aromatic N) is 5. The van der Waals surface area contributed by atoms with Crippen molar-refractivity contribution in [2.75, 3.05) is 5.32 Å². The summed E-state index contributed by atoms with van der Waals surface area (Å²) in [4.78, 5) is 0. The molecule has 0 bridgehead atoms. The first-order chi connectivity index (χ1) is 8.62. The molecule has 96 valence electrons. The van der Waals surface area contributed by atoms with Gasteiger partial charge in [-0.1, -0.05) is 13.8 Å². The summed E-state index contributed by atoms with van der Waals surface area (Å²) in [6.07, 6.45) is 4.92. The van der Waals surface area contributed by atoms with Gasteiger partial charge in [0.05, 0.1) is 0 Å². The lowest BCUT2D eigenvalue weighted by molar-refractivity contribution is 0.232. The van der Waals surface area contributed by atoms with Crippen LogP contribution in [0.5, 0.6) is 0 Å². The zero-order valence-corrected chi connectivity index (χ0v) is 10.8. The van der Waals surface area contributed by atoms with Crippen LogP contribution in [0.2, 0.25) is 0 Å². The third kappa shape index (κ3) is 2.27. The third-order valence-corrected chi connectivity index (χ3v) is 3.76. The number of hydrogen-bond acceptors (Lipinski definition) is 5. The van der Waals surface area contributed by atoms with E-state index >= 15 is 0 Å². The van der Waals surface area contributed by atoms with Gasteiger partial charge < -0.3 is 5.32 Å². The molecule has 0 aliphatic heterocycles. The van der Waals surface area contributed by atoms with Crippen LogP contribution in [0.1, 0.15) is 39.5 Å². The monoisotopic (exact) mass is 246 g/mol. The van der Waals surface area contributed by atoms with Gasteiger partial charge in [-0.15, -0.1) is 14.8 Å². The summed E-state index contributed by atoms with van der Waals surface area (Å²) in [6, 6.07) is 4.33. The average molecular weight is 246 g/mol. The molecule has 0 aromatic carbocycles. The van der Waals surface area contributed by atoms with Crippen molar-refractivity contribution < 1.29 is 0 Å². The summed E-state index contributed by atoms with van der Waals surface area (Å²) in [7, 11) is 0. The highest BCUT2D eigenvalue weighted by Crippen LogP contribution is 2.35. The number of rotatable bonds is 2. The molecule has 0 radical (unpaired) electrons. The summed E-state index contributed by atoms with van der Waals surface area (Å²) in [5.74, 6) is 0.847. The molecule has 0 amide bonds. The van der Waals surface area contributed by atoms with E-state index in [9.17, 15) is 0 Å². The molecule has 2 aromatic heterocycles. The van der Waals surface area contributed by atoms with E-state index in [-0.39, 0.29) is 0 Å². The molecule has 6 nitrogen and oxygen atoms in total. The summed E-state index contributed by atoms with van der Waals surface area (Å²) in [5, 5.41) is 19.0. The standard InChI is InChI=1S/C12H18N6/c1-12(2)7-5-9(6-8-12)13-10-3-4-11-14-16-17-18(11)15-10/h3-4,9H,5-8H2,1-2H3,(H,13,15). The Labute approximate surface area is 106 Å². The SMILES string of the molecule is CC1(C)CCC(Nc2ccc3nnnn3n2)CC1. The van der Waals surface area contributed by atoms with E-state index in [1.54, 1.807) is 0 Å².